The molecular formula is C18H11BrO. The molecular weight excluding hydrogens is 312 g/mol. The molecule has 0 saturated carbocycles. The van der Waals surface area contributed by atoms with E-state index in [0.717, 1.165) is 15.6 Å². The Hall–Kier alpha value is -2.06. The summed E-state index contributed by atoms with van der Waals surface area (Å²) in [5.41, 5.74) is 3.26. The fourth-order valence-electron chi connectivity index (χ4n) is 2.67. The summed E-state index contributed by atoms with van der Waals surface area (Å²) in [7, 11) is 0. The van der Waals surface area contributed by atoms with Gasteiger partial charge in [0.05, 0.1) is 6.26 Å². The maximum atomic E-state index is 5.73. The van der Waals surface area contributed by atoms with Crippen molar-refractivity contribution in [2.45, 2.75) is 0 Å². The van der Waals surface area contributed by atoms with Gasteiger partial charge in [0.15, 0.2) is 0 Å². The van der Waals surface area contributed by atoms with Crippen molar-refractivity contribution >= 4 is 37.7 Å². The summed E-state index contributed by atoms with van der Waals surface area (Å²) >= 11 is 3.53. The Labute approximate surface area is 125 Å². The van der Waals surface area contributed by atoms with Crippen molar-refractivity contribution in [3.05, 3.63) is 71.4 Å². The van der Waals surface area contributed by atoms with Crippen molar-refractivity contribution < 1.29 is 4.42 Å². The van der Waals surface area contributed by atoms with E-state index in [0.29, 0.717) is 0 Å². The number of furan rings is 1. The standard InChI is InChI=1S/C18H11BrO/c19-14-7-8-15-13(10-14)6-9-17-18(15)16(11-20-17)12-4-2-1-3-5-12/h1-11H. The molecule has 0 fully saturated rings. The molecule has 0 spiro atoms. The second kappa shape index (κ2) is 4.50. The number of fused-ring (bicyclic) bond motifs is 3. The number of halogens is 1. The van der Waals surface area contributed by atoms with Crippen LogP contribution in [0.3, 0.4) is 0 Å². The summed E-state index contributed by atoms with van der Waals surface area (Å²) < 4.78 is 6.82. The van der Waals surface area contributed by atoms with Crippen molar-refractivity contribution in [1.29, 1.82) is 0 Å². The molecule has 1 heterocycles. The fourth-order valence-corrected chi connectivity index (χ4v) is 3.05. The first kappa shape index (κ1) is 11.7. The van der Waals surface area contributed by atoms with Gasteiger partial charge in [-0.25, -0.2) is 0 Å². The Morgan fingerprint density at radius 3 is 2.55 bits per heavy atom. The largest absolute Gasteiger partial charge is 0.464 e. The fraction of sp³-hybridized carbons (Fsp3) is 0. The smallest absolute Gasteiger partial charge is 0.135 e. The van der Waals surface area contributed by atoms with Crippen molar-refractivity contribution in [2.24, 2.45) is 0 Å². The van der Waals surface area contributed by atoms with Crippen LogP contribution in [0, 0.1) is 0 Å². The summed E-state index contributed by atoms with van der Waals surface area (Å²) in [4.78, 5) is 0. The topological polar surface area (TPSA) is 13.1 Å². The third kappa shape index (κ3) is 1.76. The second-order valence-electron chi connectivity index (χ2n) is 4.82. The lowest BCUT2D eigenvalue weighted by atomic mass is 9.99. The zero-order chi connectivity index (χ0) is 13.5. The van der Waals surface area contributed by atoms with Crippen LogP contribution >= 0.6 is 15.9 Å². The summed E-state index contributed by atoms with van der Waals surface area (Å²) in [5.74, 6) is 0. The number of benzene rings is 3. The normalized spacial score (nSPS) is 11.2. The molecule has 96 valence electrons. The number of rotatable bonds is 1. The predicted octanol–water partition coefficient (Wildman–Crippen LogP) is 6.02. The zero-order valence-corrected chi connectivity index (χ0v) is 12.2. The minimum absolute atomic E-state index is 0.929. The Morgan fingerprint density at radius 1 is 0.850 bits per heavy atom. The molecule has 0 atom stereocenters. The molecule has 2 heteroatoms. The van der Waals surface area contributed by atoms with Crippen LogP contribution in [-0.4, -0.2) is 0 Å². The third-order valence-electron chi connectivity index (χ3n) is 3.60. The molecule has 0 aliphatic rings. The highest BCUT2D eigenvalue weighted by Crippen LogP contribution is 2.36. The summed E-state index contributed by atoms with van der Waals surface area (Å²) in [6.07, 6.45) is 1.85. The highest BCUT2D eigenvalue weighted by Gasteiger charge is 2.11. The van der Waals surface area contributed by atoms with Crippen molar-refractivity contribution in [3.63, 3.8) is 0 Å². The van der Waals surface area contributed by atoms with Gasteiger partial charge in [-0.05, 0) is 34.5 Å². The first-order valence-electron chi connectivity index (χ1n) is 6.48. The second-order valence-corrected chi connectivity index (χ2v) is 5.74. The van der Waals surface area contributed by atoms with Gasteiger partial charge in [-0.15, -0.1) is 0 Å². The van der Waals surface area contributed by atoms with E-state index in [9.17, 15) is 0 Å². The van der Waals surface area contributed by atoms with Gasteiger partial charge in [-0.3, -0.25) is 0 Å². The maximum absolute atomic E-state index is 5.73. The van der Waals surface area contributed by atoms with Crippen LogP contribution in [0.4, 0.5) is 0 Å². The van der Waals surface area contributed by atoms with E-state index in [1.54, 1.807) is 0 Å². The molecule has 4 aromatic rings. The van der Waals surface area contributed by atoms with E-state index < -0.39 is 0 Å². The molecule has 0 bridgehead atoms. The maximum Gasteiger partial charge on any atom is 0.135 e. The van der Waals surface area contributed by atoms with Crippen molar-refractivity contribution in [1.82, 2.24) is 0 Å². The Morgan fingerprint density at radius 2 is 1.70 bits per heavy atom. The van der Waals surface area contributed by atoms with E-state index in [1.807, 2.05) is 18.4 Å². The van der Waals surface area contributed by atoms with Gasteiger partial charge in [0.25, 0.3) is 0 Å². The molecule has 0 unspecified atom stereocenters. The molecule has 1 aromatic heterocycles. The van der Waals surface area contributed by atoms with Crippen LogP contribution in [-0.2, 0) is 0 Å². The molecule has 0 N–H and O–H groups in total. The first-order valence-corrected chi connectivity index (χ1v) is 7.27. The predicted molar refractivity (Wildman–Crippen MR) is 86.9 cm³/mol. The summed E-state index contributed by atoms with van der Waals surface area (Å²) in [6, 6.07) is 20.8. The van der Waals surface area contributed by atoms with Gasteiger partial charge in [0, 0.05) is 15.4 Å². The minimum atomic E-state index is 0.929. The molecule has 0 amide bonds. The van der Waals surface area contributed by atoms with Gasteiger partial charge in [-0.2, -0.15) is 0 Å². The van der Waals surface area contributed by atoms with Crippen LogP contribution < -0.4 is 0 Å². The number of hydrogen-bond donors (Lipinski definition) is 0. The highest BCUT2D eigenvalue weighted by atomic mass is 79.9. The molecule has 0 aliphatic carbocycles. The lowest BCUT2D eigenvalue weighted by molar-refractivity contribution is 0.617. The van der Waals surface area contributed by atoms with E-state index in [2.05, 4.69) is 64.5 Å². The first-order chi connectivity index (χ1) is 9.83. The van der Waals surface area contributed by atoms with E-state index in [4.69, 9.17) is 4.42 Å². The summed E-state index contributed by atoms with van der Waals surface area (Å²) in [5, 5.41) is 3.62. The van der Waals surface area contributed by atoms with Gasteiger partial charge in [0.2, 0.25) is 0 Å². The van der Waals surface area contributed by atoms with Crippen molar-refractivity contribution in [3.8, 4) is 11.1 Å². The van der Waals surface area contributed by atoms with E-state index in [-0.39, 0.29) is 0 Å². The average Bonchev–Trinajstić information content (AvgIpc) is 2.92. The quantitative estimate of drug-likeness (QED) is 0.418. The Balaban J connectivity index is 2.13. The van der Waals surface area contributed by atoms with Gasteiger partial charge in [-0.1, -0.05) is 58.4 Å². The van der Waals surface area contributed by atoms with Crippen molar-refractivity contribution in [2.75, 3.05) is 0 Å². The Kier molecular flexibility index (Phi) is 2.64. The lowest BCUT2D eigenvalue weighted by Crippen LogP contribution is -1.78. The van der Waals surface area contributed by atoms with E-state index >= 15 is 0 Å². The average molecular weight is 323 g/mol. The van der Waals surface area contributed by atoms with Crippen LogP contribution in [0.5, 0.6) is 0 Å². The third-order valence-corrected chi connectivity index (χ3v) is 4.09. The zero-order valence-electron chi connectivity index (χ0n) is 10.6. The highest BCUT2D eigenvalue weighted by molar-refractivity contribution is 9.10. The lowest BCUT2D eigenvalue weighted by Gasteiger charge is -2.03. The summed E-state index contributed by atoms with van der Waals surface area (Å²) in [6.45, 7) is 0. The monoisotopic (exact) mass is 322 g/mol. The van der Waals surface area contributed by atoms with Gasteiger partial charge >= 0.3 is 0 Å². The Bertz CT molecular complexity index is 907. The molecule has 0 aliphatic heterocycles. The van der Waals surface area contributed by atoms with E-state index in [1.165, 1.54) is 21.7 Å². The minimum Gasteiger partial charge on any atom is -0.464 e. The van der Waals surface area contributed by atoms with Crippen LogP contribution in [0.15, 0.2) is 75.8 Å². The number of hydrogen-bond acceptors (Lipinski definition) is 1. The van der Waals surface area contributed by atoms with Gasteiger partial charge < -0.3 is 4.42 Å². The molecule has 0 radical (unpaired) electrons. The molecule has 3 aromatic carbocycles. The SMILES string of the molecule is Brc1ccc2c(ccc3occ(-c4ccccc4)c32)c1. The molecule has 1 nitrogen and oxygen atoms in total. The van der Waals surface area contributed by atoms with Gasteiger partial charge in [0.1, 0.15) is 5.58 Å². The van der Waals surface area contributed by atoms with Crippen LogP contribution in [0.2, 0.25) is 0 Å². The van der Waals surface area contributed by atoms with Crippen LogP contribution in [0.1, 0.15) is 0 Å². The molecule has 4 rings (SSSR count). The van der Waals surface area contributed by atoms with Crippen LogP contribution in [0.25, 0.3) is 32.9 Å². The molecule has 0 saturated heterocycles. The molecule has 20 heavy (non-hydrogen) atoms.